The van der Waals surface area contributed by atoms with Crippen molar-refractivity contribution in [3.05, 3.63) is 34.9 Å². The Morgan fingerprint density at radius 1 is 1.37 bits per heavy atom. The van der Waals surface area contributed by atoms with Gasteiger partial charge in [-0.15, -0.1) is 0 Å². The van der Waals surface area contributed by atoms with Crippen molar-refractivity contribution in [2.75, 3.05) is 6.54 Å². The topological polar surface area (TPSA) is 86.7 Å². The van der Waals surface area contributed by atoms with Crippen LogP contribution in [-0.2, 0) is 9.59 Å². The molecule has 1 aromatic rings. The third kappa shape index (κ3) is 2.42. The molecule has 19 heavy (non-hydrogen) atoms. The van der Waals surface area contributed by atoms with Crippen LogP contribution in [0.1, 0.15) is 22.7 Å². The molecule has 0 aliphatic carbocycles. The summed E-state index contributed by atoms with van der Waals surface area (Å²) in [6.45, 7) is 3.16. The van der Waals surface area contributed by atoms with E-state index < -0.39 is 30.5 Å². The molecule has 1 atom stereocenters. The van der Waals surface area contributed by atoms with Gasteiger partial charge in [-0.05, 0) is 25.0 Å². The van der Waals surface area contributed by atoms with Crippen LogP contribution in [0.25, 0.3) is 0 Å². The standard InChI is InChI=1S/C13H14N2O4/c1-7-3-4-9(8(2)5-7)11-12(18)15(6-10(16)17)13(19)14-11/h3-5,11H,6H2,1-2H3,(H,14,19)(H,16,17). The first-order chi connectivity index (χ1) is 8.90. The minimum Gasteiger partial charge on any atom is -0.480 e. The summed E-state index contributed by atoms with van der Waals surface area (Å²) >= 11 is 0. The van der Waals surface area contributed by atoms with Crippen LogP contribution in [0.2, 0.25) is 0 Å². The molecule has 1 heterocycles. The van der Waals surface area contributed by atoms with Crippen molar-refractivity contribution in [2.45, 2.75) is 19.9 Å². The van der Waals surface area contributed by atoms with Crippen LogP contribution < -0.4 is 5.32 Å². The van der Waals surface area contributed by atoms with Crippen LogP contribution in [0.5, 0.6) is 0 Å². The number of carbonyl (C=O) groups excluding carboxylic acids is 2. The van der Waals surface area contributed by atoms with Gasteiger partial charge in [-0.1, -0.05) is 23.8 Å². The molecule has 0 aromatic heterocycles. The molecule has 0 saturated carbocycles. The zero-order chi connectivity index (χ0) is 14.2. The van der Waals surface area contributed by atoms with Crippen molar-refractivity contribution in [3.8, 4) is 0 Å². The van der Waals surface area contributed by atoms with E-state index in [4.69, 9.17) is 5.11 Å². The third-order valence-corrected chi connectivity index (χ3v) is 3.06. The van der Waals surface area contributed by atoms with Crippen molar-refractivity contribution in [2.24, 2.45) is 0 Å². The third-order valence-electron chi connectivity index (χ3n) is 3.06. The van der Waals surface area contributed by atoms with Crippen LogP contribution in [0.3, 0.4) is 0 Å². The number of carboxylic acids is 1. The Balaban J connectivity index is 2.30. The molecule has 100 valence electrons. The first kappa shape index (κ1) is 13.1. The monoisotopic (exact) mass is 262 g/mol. The second kappa shape index (κ2) is 4.72. The number of rotatable bonds is 3. The number of hydrogen-bond acceptors (Lipinski definition) is 3. The van der Waals surface area contributed by atoms with Gasteiger partial charge in [0.25, 0.3) is 5.91 Å². The van der Waals surface area contributed by atoms with E-state index in [9.17, 15) is 14.4 Å². The van der Waals surface area contributed by atoms with Gasteiger partial charge in [-0.2, -0.15) is 0 Å². The van der Waals surface area contributed by atoms with E-state index in [1.807, 2.05) is 26.0 Å². The second-order valence-corrected chi connectivity index (χ2v) is 4.56. The maximum Gasteiger partial charge on any atom is 0.325 e. The lowest BCUT2D eigenvalue weighted by Crippen LogP contribution is -2.35. The Labute approximate surface area is 110 Å². The lowest BCUT2D eigenvalue weighted by atomic mass is 9.99. The summed E-state index contributed by atoms with van der Waals surface area (Å²) in [6.07, 6.45) is 0. The predicted molar refractivity (Wildman–Crippen MR) is 66.5 cm³/mol. The zero-order valence-corrected chi connectivity index (χ0v) is 10.6. The minimum atomic E-state index is -1.22. The fraction of sp³-hybridized carbons (Fsp3) is 0.308. The molecule has 2 N–H and O–H groups in total. The van der Waals surface area contributed by atoms with Gasteiger partial charge in [-0.25, -0.2) is 4.79 Å². The molecule has 0 radical (unpaired) electrons. The number of imide groups is 1. The smallest absolute Gasteiger partial charge is 0.325 e. The van der Waals surface area contributed by atoms with Gasteiger partial charge in [-0.3, -0.25) is 14.5 Å². The van der Waals surface area contributed by atoms with Crippen LogP contribution in [-0.4, -0.2) is 34.5 Å². The molecule has 2 rings (SSSR count). The first-order valence-electron chi connectivity index (χ1n) is 5.81. The largest absolute Gasteiger partial charge is 0.480 e. The summed E-state index contributed by atoms with van der Waals surface area (Å²) in [5, 5.41) is 11.2. The average molecular weight is 262 g/mol. The molecule has 0 spiro atoms. The van der Waals surface area contributed by atoms with E-state index in [1.165, 1.54) is 0 Å². The Bertz CT molecular complexity index is 568. The molecule has 1 unspecified atom stereocenters. The van der Waals surface area contributed by atoms with E-state index >= 15 is 0 Å². The number of hydrogen-bond donors (Lipinski definition) is 2. The quantitative estimate of drug-likeness (QED) is 0.795. The lowest BCUT2D eigenvalue weighted by Gasteiger charge is -2.13. The molecule has 3 amide bonds. The summed E-state index contributed by atoms with van der Waals surface area (Å²) < 4.78 is 0. The Morgan fingerprint density at radius 2 is 2.05 bits per heavy atom. The number of carboxylic acid groups (broad SMARTS) is 1. The van der Waals surface area contributed by atoms with Crippen LogP contribution >= 0.6 is 0 Å². The highest BCUT2D eigenvalue weighted by Crippen LogP contribution is 2.25. The van der Waals surface area contributed by atoms with Crippen LogP contribution in [0.15, 0.2) is 18.2 Å². The number of carbonyl (C=O) groups is 3. The van der Waals surface area contributed by atoms with Gasteiger partial charge >= 0.3 is 12.0 Å². The number of aliphatic carboxylic acids is 1. The fourth-order valence-electron chi connectivity index (χ4n) is 2.16. The van der Waals surface area contributed by atoms with Crippen molar-refractivity contribution in [1.82, 2.24) is 10.2 Å². The highest BCUT2D eigenvalue weighted by molar-refractivity contribution is 6.06. The first-order valence-corrected chi connectivity index (χ1v) is 5.81. The summed E-state index contributed by atoms with van der Waals surface area (Å²) in [7, 11) is 0. The Hall–Kier alpha value is -2.37. The number of nitrogens with zero attached hydrogens (tertiary/aromatic N) is 1. The van der Waals surface area contributed by atoms with Gasteiger partial charge in [0.1, 0.15) is 12.6 Å². The molecule has 1 aliphatic rings. The number of benzene rings is 1. The summed E-state index contributed by atoms with van der Waals surface area (Å²) in [5.41, 5.74) is 2.63. The number of amides is 3. The second-order valence-electron chi connectivity index (χ2n) is 4.56. The number of aryl methyl sites for hydroxylation is 2. The van der Waals surface area contributed by atoms with E-state index in [0.29, 0.717) is 10.5 Å². The normalized spacial score (nSPS) is 18.6. The molecule has 6 nitrogen and oxygen atoms in total. The van der Waals surface area contributed by atoms with Crippen LogP contribution in [0.4, 0.5) is 4.79 Å². The molecule has 1 saturated heterocycles. The van der Waals surface area contributed by atoms with Gasteiger partial charge in [0.15, 0.2) is 0 Å². The van der Waals surface area contributed by atoms with E-state index in [1.54, 1.807) is 6.07 Å². The molecule has 1 fully saturated rings. The SMILES string of the molecule is Cc1ccc(C2NC(=O)N(CC(=O)O)C2=O)c(C)c1. The Kier molecular flexibility index (Phi) is 3.25. The van der Waals surface area contributed by atoms with Gasteiger partial charge < -0.3 is 10.4 Å². The Morgan fingerprint density at radius 3 is 2.63 bits per heavy atom. The number of nitrogens with one attached hydrogen (secondary N) is 1. The van der Waals surface area contributed by atoms with Gasteiger partial charge in [0.05, 0.1) is 0 Å². The summed E-state index contributed by atoms with van der Waals surface area (Å²) in [4.78, 5) is 35.0. The van der Waals surface area contributed by atoms with E-state index in [-0.39, 0.29) is 0 Å². The molecule has 1 aliphatic heterocycles. The molecular formula is C13H14N2O4. The summed E-state index contributed by atoms with van der Waals surface area (Å²) in [5.74, 6) is -1.75. The fourth-order valence-corrected chi connectivity index (χ4v) is 2.16. The molecule has 0 bridgehead atoms. The maximum atomic E-state index is 12.1. The van der Waals surface area contributed by atoms with Crippen molar-refractivity contribution in [3.63, 3.8) is 0 Å². The number of urea groups is 1. The highest BCUT2D eigenvalue weighted by Gasteiger charge is 2.40. The van der Waals surface area contributed by atoms with E-state index in [2.05, 4.69) is 5.32 Å². The maximum absolute atomic E-state index is 12.1. The van der Waals surface area contributed by atoms with Crippen LogP contribution in [0, 0.1) is 13.8 Å². The minimum absolute atomic E-state index is 0.528. The molecule has 1 aromatic carbocycles. The van der Waals surface area contributed by atoms with E-state index in [0.717, 1.165) is 11.1 Å². The predicted octanol–water partition coefficient (Wildman–Crippen LogP) is 0.981. The summed E-state index contributed by atoms with van der Waals surface area (Å²) in [6, 6.07) is 4.07. The van der Waals surface area contributed by atoms with Gasteiger partial charge in [0.2, 0.25) is 0 Å². The van der Waals surface area contributed by atoms with Gasteiger partial charge in [0, 0.05) is 0 Å². The van der Waals surface area contributed by atoms with Crippen molar-refractivity contribution >= 4 is 17.9 Å². The molecule has 6 heteroatoms. The average Bonchev–Trinajstić information content (AvgIpc) is 2.57. The van der Waals surface area contributed by atoms with Crippen molar-refractivity contribution < 1.29 is 19.5 Å². The zero-order valence-electron chi connectivity index (χ0n) is 10.6. The van der Waals surface area contributed by atoms with Crippen molar-refractivity contribution in [1.29, 1.82) is 0 Å². The molecular weight excluding hydrogens is 248 g/mol. The highest BCUT2D eigenvalue weighted by atomic mass is 16.4. The lowest BCUT2D eigenvalue weighted by molar-refractivity contribution is -0.141.